The average Bonchev–Trinajstić information content (AvgIpc) is 2.88. The molecule has 1 unspecified atom stereocenters. The second kappa shape index (κ2) is 5.51. The van der Waals surface area contributed by atoms with Gasteiger partial charge in [0.2, 0.25) is 5.91 Å². The van der Waals surface area contributed by atoms with E-state index in [-0.39, 0.29) is 17.5 Å². The number of amides is 1. The van der Waals surface area contributed by atoms with Gasteiger partial charge in [-0.05, 0) is 18.1 Å². The summed E-state index contributed by atoms with van der Waals surface area (Å²) in [4.78, 5) is 23.2. The molecule has 22 heavy (non-hydrogen) atoms. The van der Waals surface area contributed by atoms with E-state index in [0.717, 1.165) is 11.3 Å². The monoisotopic (exact) mass is 301 g/mol. The lowest BCUT2D eigenvalue weighted by Gasteiger charge is -2.24. The molecule has 0 saturated heterocycles. The molecular weight excluding hydrogens is 286 g/mol. The van der Waals surface area contributed by atoms with Gasteiger partial charge < -0.3 is 15.2 Å². The fourth-order valence-electron chi connectivity index (χ4n) is 2.41. The number of carboxylic acid groups (broad SMARTS) is 1. The number of fused-ring (bicyclic) bond motifs is 1. The molecule has 7 heteroatoms. The van der Waals surface area contributed by atoms with Crippen molar-refractivity contribution >= 4 is 17.7 Å². The van der Waals surface area contributed by atoms with E-state index in [1.165, 1.54) is 10.7 Å². The van der Waals surface area contributed by atoms with Crippen molar-refractivity contribution in [2.75, 3.05) is 11.9 Å². The van der Waals surface area contributed by atoms with Gasteiger partial charge in [-0.15, -0.1) is 0 Å². The minimum absolute atomic E-state index is 0.108. The Morgan fingerprint density at radius 3 is 2.91 bits per heavy atom. The standard InChI is InChI=1S/C15H15N3O4/c1-18-13(7-11(17-18)15(20)21)16-14(19)10-6-9-4-2-3-5-12(9)22-8-10/h2-5,7,10H,6,8H2,1H3,(H,16,19)(H,20,21). The van der Waals surface area contributed by atoms with Crippen molar-refractivity contribution in [2.45, 2.75) is 6.42 Å². The minimum Gasteiger partial charge on any atom is -0.492 e. The number of ether oxygens (including phenoxy) is 1. The van der Waals surface area contributed by atoms with Gasteiger partial charge in [-0.2, -0.15) is 5.10 Å². The van der Waals surface area contributed by atoms with Crippen LogP contribution in [-0.4, -0.2) is 33.4 Å². The van der Waals surface area contributed by atoms with Crippen LogP contribution in [0.2, 0.25) is 0 Å². The predicted molar refractivity (Wildman–Crippen MR) is 77.9 cm³/mol. The number of carboxylic acids is 1. The van der Waals surface area contributed by atoms with Gasteiger partial charge in [0.15, 0.2) is 5.69 Å². The van der Waals surface area contributed by atoms with Gasteiger partial charge >= 0.3 is 5.97 Å². The van der Waals surface area contributed by atoms with Crippen molar-refractivity contribution in [1.29, 1.82) is 0 Å². The van der Waals surface area contributed by atoms with Crippen molar-refractivity contribution in [1.82, 2.24) is 9.78 Å². The van der Waals surface area contributed by atoms with E-state index in [4.69, 9.17) is 9.84 Å². The third kappa shape index (κ3) is 2.65. The maximum absolute atomic E-state index is 12.3. The summed E-state index contributed by atoms with van der Waals surface area (Å²) in [5, 5.41) is 15.4. The lowest BCUT2D eigenvalue weighted by atomic mass is 9.96. The summed E-state index contributed by atoms with van der Waals surface area (Å²) in [5.74, 6) is -0.514. The lowest BCUT2D eigenvalue weighted by Crippen LogP contribution is -2.33. The number of nitrogens with one attached hydrogen (secondary N) is 1. The smallest absolute Gasteiger partial charge is 0.356 e. The average molecular weight is 301 g/mol. The zero-order valence-electron chi connectivity index (χ0n) is 11.9. The Hall–Kier alpha value is -2.83. The van der Waals surface area contributed by atoms with Crippen LogP contribution in [0.5, 0.6) is 5.75 Å². The van der Waals surface area contributed by atoms with Gasteiger partial charge in [0.05, 0.1) is 5.92 Å². The maximum Gasteiger partial charge on any atom is 0.356 e. The third-order valence-electron chi connectivity index (χ3n) is 3.60. The molecular formula is C15H15N3O4. The lowest BCUT2D eigenvalue weighted by molar-refractivity contribution is -0.121. The van der Waals surface area contributed by atoms with Gasteiger partial charge in [0, 0.05) is 13.1 Å². The fourth-order valence-corrected chi connectivity index (χ4v) is 2.41. The summed E-state index contributed by atoms with van der Waals surface area (Å²) in [5.41, 5.74) is 0.883. The number of carbonyl (C=O) groups is 2. The van der Waals surface area contributed by atoms with E-state index in [9.17, 15) is 9.59 Å². The summed E-state index contributed by atoms with van der Waals surface area (Å²) in [6.45, 7) is 0.298. The van der Waals surface area contributed by atoms with E-state index in [1.54, 1.807) is 7.05 Å². The molecule has 2 N–H and O–H groups in total. The normalized spacial score (nSPS) is 16.5. The molecule has 1 aliphatic rings. The van der Waals surface area contributed by atoms with Crippen molar-refractivity contribution < 1.29 is 19.4 Å². The highest BCUT2D eigenvalue weighted by Gasteiger charge is 2.26. The molecule has 1 atom stereocenters. The second-order valence-electron chi connectivity index (χ2n) is 5.15. The van der Waals surface area contributed by atoms with Crippen LogP contribution in [0.15, 0.2) is 30.3 Å². The van der Waals surface area contributed by atoms with Crippen LogP contribution in [-0.2, 0) is 18.3 Å². The quantitative estimate of drug-likeness (QED) is 0.891. The number of anilines is 1. The summed E-state index contributed by atoms with van der Waals surface area (Å²) in [7, 11) is 1.58. The molecule has 0 spiro atoms. The first kappa shape index (κ1) is 14.1. The molecule has 0 aliphatic carbocycles. The first-order valence-corrected chi connectivity index (χ1v) is 6.83. The highest BCUT2D eigenvalue weighted by Crippen LogP contribution is 2.27. The second-order valence-corrected chi connectivity index (χ2v) is 5.15. The van der Waals surface area contributed by atoms with E-state index in [1.807, 2.05) is 24.3 Å². The van der Waals surface area contributed by atoms with Crippen molar-refractivity contribution in [2.24, 2.45) is 13.0 Å². The topological polar surface area (TPSA) is 93.5 Å². The van der Waals surface area contributed by atoms with Crippen LogP contribution in [0.4, 0.5) is 5.82 Å². The zero-order valence-corrected chi connectivity index (χ0v) is 11.9. The number of rotatable bonds is 3. The Morgan fingerprint density at radius 2 is 2.18 bits per heavy atom. The molecule has 0 fully saturated rings. The first-order valence-electron chi connectivity index (χ1n) is 6.83. The summed E-state index contributed by atoms with van der Waals surface area (Å²) in [6, 6.07) is 8.94. The molecule has 3 rings (SSSR count). The third-order valence-corrected chi connectivity index (χ3v) is 3.60. The van der Waals surface area contributed by atoms with E-state index >= 15 is 0 Å². The molecule has 114 valence electrons. The van der Waals surface area contributed by atoms with Gasteiger partial charge in [0.25, 0.3) is 0 Å². The van der Waals surface area contributed by atoms with Crippen LogP contribution in [0.3, 0.4) is 0 Å². The van der Waals surface area contributed by atoms with Crippen LogP contribution < -0.4 is 10.1 Å². The van der Waals surface area contributed by atoms with Crippen LogP contribution >= 0.6 is 0 Å². The van der Waals surface area contributed by atoms with Crippen molar-refractivity contribution in [3.8, 4) is 5.75 Å². The number of carbonyl (C=O) groups excluding carboxylic acids is 1. The number of benzene rings is 1. The van der Waals surface area contributed by atoms with Gasteiger partial charge in [0.1, 0.15) is 18.2 Å². The summed E-state index contributed by atoms with van der Waals surface area (Å²) < 4.78 is 6.92. The molecule has 0 bridgehead atoms. The summed E-state index contributed by atoms with van der Waals surface area (Å²) in [6.07, 6.45) is 0.589. The number of para-hydroxylation sites is 1. The van der Waals surface area contributed by atoms with E-state index < -0.39 is 5.97 Å². The van der Waals surface area contributed by atoms with Gasteiger partial charge in [-0.1, -0.05) is 18.2 Å². The number of aromatic nitrogens is 2. The molecule has 1 aliphatic heterocycles. The number of nitrogens with zero attached hydrogens (tertiary/aromatic N) is 2. The number of hydrogen-bond acceptors (Lipinski definition) is 4. The Kier molecular flexibility index (Phi) is 3.54. The highest BCUT2D eigenvalue weighted by molar-refractivity contribution is 5.94. The Balaban J connectivity index is 1.72. The Labute approximate surface area is 126 Å². The molecule has 1 amide bonds. The van der Waals surface area contributed by atoms with Crippen molar-refractivity contribution in [3.63, 3.8) is 0 Å². The fraction of sp³-hybridized carbons (Fsp3) is 0.267. The first-order chi connectivity index (χ1) is 10.5. The highest BCUT2D eigenvalue weighted by atomic mass is 16.5. The molecule has 7 nitrogen and oxygen atoms in total. The number of aryl methyl sites for hydroxylation is 1. The van der Waals surface area contributed by atoms with Gasteiger partial charge in [-0.25, -0.2) is 4.79 Å². The van der Waals surface area contributed by atoms with Crippen LogP contribution in [0.1, 0.15) is 16.1 Å². The number of hydrogen-bond donors (Lipinski definition) is 2. The molecule has 0 saturated carbocycles. The minimum atomic E-state index is -1.13. The van der Waals surface area contributed by atoms with Crippen LogP contribution in [0.25, 0.3) is 0 Å². The zero-order chi connectivity index (χ0) is 15.7. The number of aromatic carboxylic acids is 1. The predicted octanol–water partition coefficient (Wildman–Crippen LogP) is 1.31. The van der Waals surface area contributed by atoms with Gasteiger partial charge in [-0.3, -0.25) is 9.48 Å². The Morgan fingerprint density at radius 1 is 1.41 bits per heavy atom. The maximum atomic E-state index is 12.3. The van der Waals surface area contributed by atoms with Crippen LogP contribution in [0, 0.1) is 5.92 Å². The largest absolute Gasteiger partial charge is 0.492 e. The molecule has 2 aromatic rings. The van der Waals surface area contributed by atoms with Crippen molar-refractivity contribution in [3.05, 3.63) is 41.6 Å². The SMILES string of the molecule is Cn1nc(C(=O)O)cc1NC(=O)C1COc2ccccc2C1. The Bertz CT molecular complexity index is 738. The van der Waals surface area contributed by atoms with E-state index in [0.29, 0.717) is 18.8 Å². The molecule has 0 radical (unpaired) electrons. The molecule has 2 heterocycles. The summed E-state index contributed by atoms with van der Waals surface area (Å²) >= 11 is 0. The molecule has 1 aromatic heterocycles. The molecule has 1 aromatic carbocycles. The van der Waals surface area contributed by atoms with E-state index in [2.05, 4.69) is 10.4 Å².